The monoisotopic (exact) mass is 453 g/mol. The molecule has 5 nitrogen and oxygen atoms in total. The molecule has 0 aliphatic carbocycles. The van der Waals surface area contributed by atoms with Crippen LogP contribution >= 0.6 is 11.8 Å². The third kappa shape index (κ3) is 5.85. The molecule has 0 radical (unpaired) electrons. The third-order valence-electron chi connectivity index (χ3n) is 5.44. The lowest BCUT2D eigenvalue weighted by Crippen LogP contribution is -2.26. The Bertz CT molecular complexity index is 1190. The van der Waals surface area contributed by atoms with E-state index in [0.29, 0.717) is 40.6 Å². The van der Waals surface area contributed by atoms with E-state index in [4.69, 9.17) is 0 Å². The first-order chi connectivity index (χ1) is 15.3. The van der Waals surface area contributed by atoms with Crippen molar-refractivity contribution in [2.75, 3.05) is 11.1 Å². The second kappa shape index (κ2) is 10.6. The molecule has 1 aromatic heterocycles. The number of halogens is 1. The topological polar surface area (TPSA) is 64.0 Å². The van der Waals surface area contributed by atoms with Gasteiger partial charge in [-0.05, 0) is 62.1 Å². The molecule has 3 rings (SSSR count). The van der Waals surface area contributed by atoms with Gasteiger partial charge < -0.3 is 5.32 Å². The van der Waals surface area contributed by atoms with Gasteiger partial charge in [-0.15, -0.1) is 0 Å². The van der Waals surface area contributed by atoms with Crippen LogP contribution in [0.5, 0.6) is 0 Å². The minimum absolute atomic E-state index is 0.0351. The largest absolute Gasteiger partial charge is 0.326 e. The van der Waals surface area contributed by atoms with Gasteiger partial charge in [0.25, 0.3) is 5.56 Å². The first-order valence-electron chi connectivity index (χ1n) is 10.6. The average Bonchev–Trinajstić information content (AvgIpc) is 2.76. The van der Waals surface area contributed by atoms with E-state index >= 15 is 0 Å². The van der Waals surface area contributed by atoms with Gasteiger partial charge >= 0.3 is 0 Å². The van der Waals surface area contributed by atoms with Gasteiger partial charge in [-0.25, -0.2) is 9.37 Å². The maximum absolute atomic E-state index is 14.0. The smallest absolute Gasteiger partial charge is 0.257 e. The molecule has 32 heavy (non-hydrogen) atoms. The number of aryl methyl sites for hydroxylation is 3. The lowest BCUT2D eigenvalue weighted by Gasteiger charge is -2.12. The molecule has 7 heteroatoms. The van der Waals surface area contributed by atoms with E-state index in [0.717, 1.165) is 11.3 Å². The van der Waals surface area contributed by atoms with E-state index in [1.165, 1.54) is 28.0 Å². The highest BCUT2D eigenvalue weighted by atomic mass is 32.2. The molecule has 1 heterocycles. The van der Waals surface area contributed by atoms with Crippen LogP contribution in [0.25, 0.3) is 0 Å². The number of rotatable bonds is 8. The Morgan fingerprint density at radius 2 is 1.88 bits per heavy atom. The molecule has 1 N–H and O–H groups in total. The summed E-state index contributed by atoms with van der Waals surface area (Å²) < 4.78 is 15.5. The van der Waals surface area contributed by atoms with E-state index in [2.05, 4.69) is 10.3 Å². The zero-order chi connectivity index (χ0) is 23.3. The predicted molar refractivity (Wildman–Crippen MR) is 128 cm³/mol. The van der Waals surface area contributed by atoms with Gasteiger partial charge in [0.2, 0.25) is 5.91 Å². The summed E-state index contributed by atoms with van der Waals surface area (Å²) in [5.74, 6) is 0.297. The summed E-state index contributed by atoms with van der Waals surface area (Å²) in [5, 5.41) is 3.52. The van der Waals surface area contributed by atoms with Gasteiger partial charge in [0.15, 0.2) is 5.16 Å². The SMILES string of the molecule is Cc1ccc(NC(=O)CCCSc2nc(C)c(Cc3ccccc3F)c(=O)n2C)cc1C. The lowest BCUT2D eigenvalue weighted by molar-refractivity contribution is -0.116. The summed E-state index contributed by atoms with van der Waals surface area (Å²) in [6.45, 7) is 5.83. The van der Waals surface area contributed by atoms with E-state index in [1.54, 1.807) is 32.2 Å². The normalized spacial score (nSPS) is 10.9. The van der Waals surface area contributed by atoms with Gasteiger partial charge in [0.05, 0.1) is 0 Å². The number of amides is 1. The zero-order valence-corrected chi connectivity index (χ0v) is 19.7. The highest BCUT2D eigenvalue weighted by Crippen LogP contribution is 2.19. The molecule has 0 fully saturated rings. The van der Waals surface area contributed by atoms with Crippen molar-refractivity contribution < 1.29 is 9.18 Å². The molecular formula is C25H28FN3O2S. The average molecular weight is 454 g/mol. The van der Waals surface area contributed by atoms with Crippen molar-refractivity contribution in [3.8, 4) is 0 Å². The fourth-order valence-corrected chi connectivity index (χ4v) is 4.28. The number of nitrogens with one attached hydrogen (secondary N) is 1. The summed E-state index contributed by atoms with van der Waals surface area (Å²) in [6.07, 6.45) is 1.26. The fraction of sp³-hybridized carbons (Fsp3) is 0.320. The van der Waals surface area contributed by atoms with Crippen molar-refractivity contribution >= 4 is 23.4 Å². The van der Waals surface area contributed by atoms with E-state index in [1.807, 2.05) is 32.0 Å². The number of anilines is 1. The molecular weight excluding hydrogens is 425 g/mol. The Morgan fingerprint density at radius 3 is 2.59 bits per heavy atom. The minimum Gasteiger partial charge on any atom is -0.326 e. The van der Waals surface area contributed by atoms with Crippen molar-refractivity contribution in [1.29, 1.82) is 0 Å². The van der Waals surface area contributed by atoms with Crippen LogP contribution in [0.1, 0.15) is 40.8 Å². The zero-order valence-electron chi connectivity index (χ0n) is 18.9. The number of aromatic nitrogens is 2. The number of hydrogen-bond donors (Lipinski definition) is 1. The number of benzene rings is 2. The molecule has 168 valence electrons. The molecule has 2 aromatic carbocycles. The van der Waals surface area contributed by atoms with Crippen molar-refractivity contribution in [3.05, 3.63) is 86.6 Å². The number of carbonyl (C=O) groups excluding carboxylic acids is 1. The first-order valence-corrected chi connectivity index (χ1v) is 11.5. The van der Waals surface area contributed by atoms with Crippen LogP contribution in [0, 0.1) is 26.6 Å². The van der Waals surface area contributed by atoms with Crippen molar-refractivity contribution in [1.82, 2.24) is 9.55 Å². The second-order valence-corrected chi connectivity index (χ2v) is 8.95. The molecule has 0 saturated heterocycles. The maximum Gasteiger partial charge on any atom is 0.257 e. The van der Waals surface area contributed by atoms with Crippen molar-refractivity contribution in [2.45, 2.75) is 45.2 Å². The van der Waals surface area contributed by atoms with Crippen LogP contribution in [0.3, 0.4) is 0 Å². The predicted octanol–water partition coefficient (Wildman–Crippen LogP) is 4.95. The molecule has 0 aliphatic heterocycles. The summed E-state index contributed by atoms with van der Waals surface area (Å²) in [7, 11) is 1.67. The molecule has 0 spiro atoms. The van der Waals surface area contributed by atoms with Gasteiger partial charge in [-0.2, -0.15) is 0 Å². The first kappa shape index (κ1) is 23.7. The summed E-state index contributed by atoms with van der Waals surface area (Å²) in [6, 6.07) is 12.3. The Labute approximate surface area is 192 Å². The lowest BCUT2D eigenvalue weighted by atomic mass is 10.0. The van der Waals surface area contributed by atoms with Gasteiger partial charge in [0, 0.05) is 42.6 Å². The quantitative estimate of drug-likeness (QED) is 0.298. The number of hydrogen-bond acceptors (Lipinski definition) is 4. The fourth-order valence-electron chi connectivity index (χ4n) is 3.33. The van der Waals surface area contributed by atoms with Crippen LogP contribution in [0.15, 0.2) is 52.4 Å². The molecule has 1 amide bonds. The summed E-state index contributed by atoms with van der Waals surface area (Å²) in [5.41, 5.74) is 4.53. The van der Waals surface area contributed by atoms with Crippen molar-refractivity contribution in [3.63, 3.8) is 0 Å². The molecule has 3 aromatic rings. The Hall–Kier alpha value is -2.93. The Morgan fingerprint density at radius 1 is 1.12 bits per heavy atom. The molecule has 0 bridgehead atoms. The van der Waals surface area contributed by atoms with Crippen LogP contribution in [0.2, 0.25) is 0 Å². The van der Waals surface area contributed by atoms with E-state index < -0.39 is 0 Å². The minimum atomic E-state index is -0.327. The highest BCUT2D eigenvalue weighted by Gasteiger charge is 2.14. The van der Waals surface area contributed by atoms with Gasteiger partial charge in [-0.1, -0.05) is 36.0 Å². The Kier molecular flexibility index (Phi) is 7.85. The van der Waals surface area contributed by atoms with Gasteiger partial charge in [0.1, 0.15) is 5.82 Å². The summed E-state index contributed by atoms with van der Waals surface area (Å²) >= 11 is 1.44. The molecule has 0 aliphatic rings. The molecule has 0 unspecified atom stereocenters. The molecule has 0 atom stereocenters. The van der Waals surface area contributed by atoms with Gasteiger partial charge in [-0.3, -0.25) is 14.2 Å². The summed E-state index contributed by atoms with van der Waals surface area (Å²) in [4.78, 5) is 29.6. The van der Waals surface area contributed by atoms with E-state index in [-0.39, 0.29) is 23.7 Å². The maximum atomic E-state index is 14.0. The Balaban J connectivity index is 1.57. The third-order valence-corrected chi connectivity index (χ3v) is 6.56. The van der Waals surface area contributed by atoms with E-state index in [9.17, 15) is 14.0 Å². The number of thioether (sulfide) groups is 1. The second-order valence-electron chi connectivity index (χ2n) is 7.89. The van der Waals surface area contributed by atoms with Crippen molar-refractivity contribution in [2.24, 2.45) is 7.05 Å². The standard InChI is InChI=1S/C25H28FN3O2S/c1-16-11-12-20(14-17(16)2)28-23(30)10-7-13-32-25-27-18(3)21(24(31)29(25)4)15-19-8-5-6-9-22(19)26/h5-6,8-9,11-12,14H,7,10,13,15H2,1-4H3,(H,28,30). The van der Waals surface area contributed by atoms with Crippen LogP contribution < -0.4 is 10.9 Å². The number of nitrogens with zero attached hydrogens (tertiary/aromatic N) is 2. The highest BCUT2D eigenvalue weighted by molar-refractivity contribution is 7.99. The van der Waals surface area contributed by atoms with Crippen LogP contribution in [-0.2, 0) is 18.3 Å². The van der Waals surface area contributed by atoms with Crippen LogP contribution in [0.4, 0.5) is 10.1 Å². The molecule has 0 saturated carbocycles. The van der Waals surface area contributed by atoms with Crippen LogP contribution in [-0.4, -0.2) is 21.2 Å². The number of carbonyl (C=O) groups is 1.